The van der Waals surface area contributed by atoms with Crippen molar-refractivity contribution in [3.63, 3.8) is 0 Å². The Balaban J connectivity index is 2.43. The summed E-state index contributed by atoms with van der Waals surface area (Å²) in [5, 5.41) is 0. The van der Waals surface area contributed by atoms with Crippen molar-refractivity contribution < 1.29 is 0 Å². The van der Waals surface area contributed by atoms with E-state index in [2.05, 4.69) is 48.6 Å². The number of hydrogen-bond acceptors (Lipinski definition) is 0. The number of hydrogen-bond donors (Lipinski definition) is 0. The largest absolute Gasteiger partial charge is 0.0845 e. The van der Waals surface area contributed by atoms with Crippen LogP contribution < -0.4 is 0 Å². The minimum atomic E-state index is 1.20. The average Bonchev–Trinajstić information content (AvgIpc) is 2.27. The Bertz CT molecular complexity index is 246. The first-order valence-corrected chi connectivity index (χ1v) is 5.82. The van der Waals surface area contributed by atoms with Crippen LogP contribution in [0, 0.1) is 0 Å². The van der Waals surface area contributed by atoms with Gasteiger partial charge in [-0.2, -0.15) is 0 Å². The lowest BCUT2D eigenvalue weighted by Gasteiger charge is -1.94. The molecule has 0 atom stereocenters. The Morgan fingerprint density at radius 3 is 1.27 bits per heavy atom. The first kappa shape index (κ1) is 11.8. The highest BCUT2D eigenvalue weighted by atomic mass is 13.9. The van der Waals surface area contributed by atoms with E-state index in [-0.39, 0.29) is 0 Å². The molecule has 80 valence electrons. The van der Waals surface area contributed by atoms with E-state index in [9.17, 15) is 0 Å². The molecular weight excluding hydrogens is 180 g/mol. The molecule has 0 heterocycles. The third kappa shape index (κ3) is 7.75. The molecule has 0 bridgehead atoms. The van der Waals surface area contributed by atoms with Gasteiger partial charge in [-0.3, -0.25) is 0 Å². The molecule has 0 saturated carbocycles. The van der Waals surface area contributed by atoms with Crippen LogP contribution in [0.3, 0.4) is 0 Å². The Labute approximate surface area is 93.4 Å². The van der Waals surface area contributed by atoms with E-state index in [1.807, 2.05) is 12.2 Å². The summed E-state index contributed by atoms with van der Waals surface area (Å²) in [6.07, 6.45) is 27.5. The number of allylic oxidation sites excluding steroid dienone is 10. The van der Waals surface area contributed by atoms with Gasteiger partial charge in [0.05, 0.1) is 0 Å². The molecule has 0 aromatic carbocycles. The lowest BCUT2D eigenvalue weighted by molar-refractivity contribution is 0.696. The maximum Gasteiger partial charge on any atom is -0.0348 e. The van der Waals surface area contributed by atoms with Crippen LogP contribution in [0.15, 0.2) is 60.8 Å². The van der Waals surface area contributed by atoms with Crippen LogP contribution >= 0.6 is 0 Å². The van der Waals surface area contributed by atoms with Crippen LogP contribution in [0.1, 0.15) is 32.1 Å². The second kappa shape index (κ2) is 9.26. The van der Waals surface area contributed by atoms with Gasteiger partial charge in [0.2, 0.25) is 0 Å². The molecule has 15 heavy (non-hydrogen) atoms. The molecular formula is C15H20. The summed E-state index contributed by atoms with van der Waals surface area (Å²) in [6.45, 7) is 0. The number of rotatable bonds is 0. The van der Waals surface area contributed by atoms with Crippen molar-refractivity contribution >= 4 is 0 Å². The molecule has 0 amide bonds. The van der Waals surface area contributed by atoms with Gasteiger partial charge < -0.3 is 0 Å². The van der Waals surface area contributed by atoms with Gasteiger partial charge in [0, 0.05) is 0 Å². The van der Waals surface area contributed by atoms with E-state index >= 15 is 0 Å². The van der Waals surface area contributed by atoms with Gasteiger partial charge in [-0.05, 0) is 25.7 Å². The summed E-state index contributed by atoms with van der Waals surface area (Å²) >= 11 is 0. The quantitative estimate of drug-likeness (QED) is 0.530. The molecule has 1 aliphatic rings. The van der Waals surface area contributed by atoms with Gasteiger partial charge in [0.1, 0.15) is 0 Å². The molecule has 0 aliphatic heterocycles. The van der Waals surface area contributed by atoms with Crippen LogP contribution in [0.4, 0.5) is 0 Å². The molecule has 1 aliphatic carbocycles. The zero-order chi connectivity index (χ0) is 10.6. The molecule has 0 aromatic rings. The maximum absolute atomic E-state index is 2.25. The molecule has 0 radical (unpaired) electrons. The predicted octanol–water partition coefficient (Wildman–Crippen LogP) is 4.73. The molecule has 0 unspecified atom stereocenters. The Kier molecular flexibility index (Phi) is 7.27. The Morgan fingerprint density at radius 2 is 0.800 bits per heavy atom. The molecule has 0 spiro atoms. The lowest BCUT2D eigenvalue weighted by Crippen LogP contribution is -1.74. The highest BCUT2D eigenvalue weighted by Crippen LogP contribution is 2.04. The zero-order valence-electron chi connectivity index (χ0n) is 9.31. The van der Waals surface area contributed by atoms with Crippen LogP contribution in [0.5, 0.6) is 0 Å². The fourth-order valence-corrected chi connectivity index (χ4v) is 1.44. The summed E-state index contributed by atoms with van der Waals surface area (Å²) in [6, 6.07) is 0. The summed E-state index contributed by atoms with van der Waals surface area (Å²) in [5.41, 5.74) is 0. The van der Waals surface area contributed by atoms with Gasteiger partial charge >= 0.3 is 0 Å². The normalized spacial score (nSPS) is 27.2. The van der Waals surface area contributed by atoms with Crippen LogP contribution in [-0.2, 0) is 0 Å². The standard InChI is InChI=1S/C15H20/c1-2-4-6-8-10-12-14-15-13-11-9-7-5-3-1/h1-10H,11-15H2/b2-1+,5-3-,6-4+,9-7+,10-8?. The monoisotopic (exact) mass is 200 g/mol. The predicted molar refractivity (Wildman–Crippen MR) is 68.8 cm³/mol. The second-order valence-corrected chi connectivity index (χ2v) is 3.65. The van der Waals surface area contributed by atoms with Crippen molar-refractivity contribution in [1.82, 2.24) is 0 Å². The summed E-state index contributed by atoms with van der Waals surface area (Å²) < 4.78 is 0. The second-order valence-electron chi connectivity index (χ2n) is 3.65. The van der Waals surface area contributed by atoms with Gasteiger partial charge in [-0.25, -0.2) is 0 Å². The van der Waals surface area contributed by atoms with E-state index in [1.54, 1.807) is 0 Å². The van der Waals surface area contributed by atoms with Crippen molar-refractivity contribution in [2.45, 2.75) is 32.1 Å². The zero-order valence-corrected chi connectivity index (χ0v) is 9.31. The van der Waals surface area contributed by atoms with Gasteiger partial charge in [0.15, 0.2) is 0 Å². The van der Waals surface area contributed by atoms with Crippen LogP contribution in [0.2, 0.25) is 0 Å². The van der Waals surface area contributed by atoms with E-state index in [1.165, 1.54) is 32.1 Å². The van der Waals surface area contributed by atoms with E-state index < -0.39 is 0 Å². The SMILES string of the molecule is C1=CCCCCC/C=C/C=C\C=C\C=C\1. The minimum Gasteiger partial charge on any atom is -0.0845 e. The lowest BCUT2D eigenvalue weighted by atomic mass is 10.1. The van der Waals surface area contributed by atoms with Crippen LogP contribution in [0.25, 0.3) is 0 Å². The van der Waals surface area contributed by atoms with E-state index in [0.29, 0.717) is 0 Å². The van der Waals surface area contributed by atoms with Crippen molar-refractivity contribution in [2.75, 3.05) is 0 Å². The Morgan fingerprint density at radius 1 is 0.400 bits per heavy atom. The summed E-state index contributed by atoms with van der Waals surface area (Å²) in [5.74, 6) is 0. The summed E-state index contributed by atoms with van der Waals surface area (Å²) in [7, 11) is 0. The van der Waals surface area contributed by atoms with Gasteiger partial charge in [0.25, 0.3) is 0 Å². The smallest absolute Gasteiger partial charge is 0.0348 e. The molecule has 0 saturated heterocycles. The third-order valence-corrected chi connectivity index (χ3v) is 2.29. The molecule has 0 N–H and O–H groups in total. The molecule has 1 rings (SSSR count). The molecule has 0 fully saturated rings. The van der Waals surface area contributed by atoms with Crippen molar-refractivity contribution in [1.29, 1.82) is 0 Å². The molecule has 0 nitrogen and oxygen atoms in total. The minimum absolute atomic E-state index is 1.20. The van der Waals surface area contributed by atoms with Gasteiger partial charge in [-0.1, -0.05) is 67.2 Å². The van der Waals surface area contributed by atoms with E-state index in [0.717, 1.165) is 0 Å². The maximum atomic E-state index is 2.25. The van der Waals surface area contributed by atoms with Gasteiger partial charge in [-0.15, -0.1) is 0 Å². The molecule has 0 aromatic heterocycles. The molecule has 0 heteroatoms. The first-order valence-electron chi connectivity index (χ1n) is 5.82. The third-order valence-electron chi connectivity index (χ3n) is 2.29. The van der Waals surface area contributed by atoms with E-state index in [4.69, 9.17) is 0 Å². The fourth-order valence-electron chi connectivity index (χ4n) is 1.44. The fraction of sp³-hybridized carbons (Fsp3) is 0.333. The van der Waals surface area contributed by atoms with Crippen LogP contribution in [-0.4, -0.2) is 0 Å². The highest BCUT2D eigenvalue weighted by Gasteiger charge is 1.84. The van der Waals surface area contributed by atoms with Crippen molar-refractivity contribution in [2.24, 2.45) is 0 Å². The average molecular weight is 200 g/mol. The first-order chi connectivity index (χ1) is 7.50. The van der Waals surface area contributed by atoms with Crippen molar-refractivity contribution in [3.05, 3.63) is 60.8 Å². The topological polar surface area (TPSA) is 0 Å². The highest BCUT2D eigenvalue weighted by molar-refractivity contribution is 5.17. The summed E-state index contributed by atoms with van der Waals surface area (Å²) in [4.78, 5) is 0. The Hall–Kier alpha value is -1.30. The van der Waals surface area contributed by atoms with Crippen molar-refractivity contribution in [3.8, 4) is 0 Å².